The van der Waals surface area contributed by atoms with E-state index in [1.165, 1.54) is 0 Å². The second-order valence-corrected chi connectivity index (χ2v) is 5.91. The second kappa shape index (κ2) is 4.71. The molecule has 2 N–H and O–H groups in total. The highest BCUT2D eigenvalue weighted by atomic mass is 32.1. The Kier molecular flexibility index (Phi) is 3.41. The lowest BCUT2D eigenvalue weighted by atomic mass is 9.98. The van der Waals surface area contributed by atoms with Crippen LogP contribution in [0.4, 0.5) is 0 Å². The number of fused-ring (bicyclic) bond motifs is 1. The molecular weight excluding hydrogens is 246 g/mol. The van der Waals surface area contributed by atoms with Crippen molar-refractivity contribution in [3.63, 3.8) is 0 Å². The summed E-state index contributed by atoms with van der Waals surface area (Å²) in [6, 6.07) is 7.82. The van der Waals surface area contributed by atoms with Crippen molar-refractivity contribution < 1.29 is 9.90 Å². The van der Waals surface area contributed by atoms with E-state index in [9.17, 15) is 9.90 Å². The quantitative estimate of drug-likeness (QED) is 0.894. The highest BCUT2D eigenvalue weighted by Crippen LogP contribution is 2.26. The highest BCUT2D eigenvalue weighted by molar-refractivity contribution is 7.17. The standard InChI is InChI=1S/C14H17NO2S/c1-9(16)14(2,3)15-13(17)11-8-18-12-7-5-4-6-10(11)12/h4-9,16H,1-3H3,(H,15,17). The topological polar surface area (TPSA) is 49.3 Å². The van der Waals surface area contributed by atoms with Gasteiger partial charge in [0.1, 0.15) is 0 Å². The molecule has 0 radical (unpaired) electrons. The smallest absolute Gasteiger partial charge is 0.253 e. The lowest BCUT2D eigenvalue weighted by Gasteiger charge is -2.29. The first-order valence-corrected chi connectivity index (χ1v) is 6.76. The molecule has 0 aliphatic heterocycles. The molecule has 1 aromatic carbocycles. The van der Waals surface area contributed by atoms with Crippen molar-refractivity contribution in [1.29, 1.82) is 0 Å². The number of amides is 1. The molecule has 0 bridgehead atoms. The third-order valence-electron chi connectivity index (χ3n) is 3.21. The number of rotatable bonds is 3. The summed E-state index contributed by atoms with van der Waals surface area (Å²) >= 11 is 1.55. The lowest BCUT2D eigenvalue weighted by molar-refractivity contribution is 0.0711. The molecule has 0 saturated heterocycles. The van der Waals surface area contributed by atoms with Crippen LogP contribution in [0.15, 0.2) is 29.6 Å². The van der Waals surface area contributed by atoms with Crippen LogP contribution in [0.1, 0.15) is 31.1 Å². The zero-order chi connectivity index (χ0) is 13.3. The summed E-state index contributed by atoms with van der Waals surface area (Å²) in [5, 5.41) is 15.3. The number of thiophene rings is 1. The van der Waals surface area contributed by atoms with E-state index in [0.717, 1.165) is 10.1 Å². The summed E-state index contributed by atoms with van der Waals surface area (Å²) in [4.78, 5) is 12.2. The summed E-state index contributed by atoms with van der Waals surface area (Å²) in [6.07, 6.45) is -0.605. The fraction of sp³-hybridized carbons (Fsp3) is 0.357. The van der Waals surface area contributed by atoms with E-state index < -0.39 is 11.6 Å². The molecule has 2 rings (SSSR count). The van der Waals surface area contributed by atoms with Gasteiger partial charge in [-0.2, -0.15) is 0 Å². The van der Waals surface area contributed by atoms with Crippen LogP contribution in [0, 0.1) is 0 Å². The Hall–Kier alpha value is -1.39. The predicted molar refractivity (Wildman–Crippen MR) is 75.1 cm³/mol. The minimum absolute atomic E-state index is 0.140. The Morgan fingerprint density at radius 1 is 1.39 bits per heavy atom. The SMILES string of the molecule is CC(O)C(C)(C)NC(=O)c1csc2ccccc12. The van der Waals surface area contributed by atoms with Crippen LogP contribution in [0.3, 0.4) is 0 Å². The van der Waals surface area contributed by atoms with Crippen LogP contribution in [-0.4, -0.2) is 22.7 Å². The molecule has 1 heterocycles. The van der Waals surface area contributed by atoms with Gasteiger partial charge in [0, 0.05) is 15.5 Å². The van der Waals surface area contributed by atoms with Crippen molar-refractivity contribution in [3.05, 3.63) is 35.2 Å². The maximum absolute atomic E-state index is 12.2. The number of carbonyl (C=O) groups excluding carboxylic acids is 1. The lowest BCUT2D eigenvalue weighted by Crippen LogP contribution is -2.50. The van der Waals surface area contributed by atoms with Crippen LogP contribution in [0.2, 0.25) is 0 Å². The monoisotopic (exact) mass is 263 g/mol. The molecule has 1 aromatic heterocycles. The van der Waals surface area contributed by atoms with E-state index in [0.29, 0.717) is 5.56 Å². The van der Waals surface area contributed by atoms with Gasteiger partial charge in [-0.25, -0.2) is 0 Å². The van der Waals surface area contributed by atoms with E-state index in [1.807, 2.05) is 43.5 Å². The van der Waals surface area contributed by atoms with Crippen LogP contribution in [0.5, 0.6) is 0 Å². The molecule has 1 atom stereocenters. The Morgan fingerprint density at radius 3 is 2.72 bits per heavy atom. The van der Waals surface area contributed by atoms with E-state index in [1.54, 1.807) is 18.3 Å². The summed E-state index contributed by atoms with van der Waals surface area (Å²) < 4.78 is 1.09. The molecule has 0 aliphatic carbocycles. The van der Waals surface area contributed by atoms with Crippen molar-refractivity contribution in [2.24, 2.45) is 0 Å². The Balaban J connectivity index is 2.30. The minimum Gasteiger partial charge on any atom is -0.391 e. The first-order valence-electron chi connectivity index (χ1n) is 5.88. The molecule has 96 valence electrons. The molecule has 0 spiro atoms. The van der Waals surface area contributed by atoms with Crippen molar-refractivity contribution in [3.8, 4) is 0 Å². The summed E-state index contributed by atoms with van der Waals surface area (Å²) in [5.74, 6) is -0.140. The number of aliphatic hydroxyl groups is 1. The molecule has 0 aliphatic rings. The number of hydrogen-bond acceptors (Lipinski definition) is 3. The highest BCUT2D eigenvalue weighted by Gasteiger charge is 2.27. The summed E-state index contributed by atoms with van der Waals surface area (Å²) in [5.41, 5.74) is 0.0319. The van der Waals surface area contributed by atoms with Gasteiger partial charge < -0.3 is 10.4 Å². The van der Waals surface area contributed by atoms with Crippen molar-refractivity contribution in [2.45, 2.75) is 32.4 Å². The zero-order valence-corrected chi connectivity index (χ0v) is 11.5. The van der Waals surface area contributed by atoms with Gasteiger partial charge in [-0.15, -0.1) is 11.3 Å². The maximum Gasteiger partial charge on any atom is 0.253 e. The van der Waals surface area contributed by atoms with Crippen LogP contribution in [-0.2, 0) is 0 Å². The number of benzene rings is 1. The zero-order valence-electron chi connectivity index (χ0n) is 10.7. The van der Waals surface area contributed by atoms with Gasteiger partial charge in [-0.05, 0) is 26.8 Å². The molecule has 0 saturated carbocycles. The number of aliphatic hydroxyl groups excluding tert-OH is 1. The van der Waals surface area contributed by atoms with Gasteiger partial charge >= 0.3 is 0 Å². The van der Waals surface area contributed by atoms with Crippen molar-refractivity contribution in [1.82, 2.24) is 5.32 Å². The van der Waals surface area contributed by atoms with Gasteiger partial charge in [0.25, 0.3) is 5.91 Å². The largest absolute Gasteiger partial charge is 0.391 e. The van der Waals surface area contributed by atoms with Gasteiger partial charge in [0.05, 0.1) is 17.2 Å². The van der Waals surface area contributed by atoms with Crippen LogP contribution >= 0.6 is 11.3 Å². The molecular formula is C14H17NO2S. The average Bonchev–Trinajstić information content (AvgIpc) is 2.71. The Labute approximate surface area is 110 Å². The van der Waals surface area contributed by atoms with E-state index >= 15 is 0 Å². The van der Waals surface area contributed by atoms with E-state index in [2.05, 4.69) is 5.32 Å². The Morgan fingerprint density at radius 2 is 2.06 bits per heavy atom. The number of hydrogen-bond donors (Lipinski definition) is 2. The number of carbonyl (C=O) groups is 1. The fourth-order valence-corrected chi connectivity index (χ4v) is 2.56. The normalized spacial score (nSPS) is 13.6. The Bertz CT molecular complexity index is 572. The first-order chi connectivity index (χ1) is 8.42. The molecule has 18 heavy (non-hydrogen) atoms. The van der Waals surface area contributed by atoms with Gasteiger partial charge in [0.15, 0.2) is 0 Å². The molecule has 2 aromatic rings. The van der Waals surface area contributed by atoms with Gasteiger partial charge in [-0.1, -0.05) is 18.2 Å². The minimum atomic E-state index is -0.639. The number of nitrogens with one attached hydrogen (secondary N) is 1. The van der Waals surface area contributed by atoms with Gasteiger partial charge in [-0.3, -0.25) is 4.79 Å². The third-order valence-corrected chi connectivity index (χ3v) is 4.17. The average molecular weight is 263 g/mol. The van der Waals surface area contributed by atoms with Crippen LogP contribution < -0.4 is 5.32 Å². The molecule has 1 unspecified atom stereocenters. The van der Waals surface area contributed by atoms with Gasteiger partial charge in [0.2, 0.25) is 0 Å². The maximum atomic E-state index is 12.2. The second-order valence-electron chi connectivity index (χ2n) is 5.00. The summed E-state index contributed by atoms with van der Waals surface area (Å²) in [7, 11) is 0. The summed E-state index contributed by atoms with van der Waals surface area (Å²) in [6.45, 7) is 5.29. The van der Waals surface area contributed by atoms with Crippen molar-refractivity contribution in [2.75, 3.05) is 0 Å². The van der Waals surface area contributed by atoms with Crippen molar-refractivity contribution >= 4 is 27.3 Å². The molecule has 3 nitrogen and oxygen atoms in total. The molecule has 0 fully saturated rings. The predicted octanol–water partition coefficient (Wildman–Crippen LogP) is 2.79. The van der Waals surface area contributed by atoms with E-state index in [-0.39, 0.29) is 5.91 Å². The molecule has 4 heteroatoms. The fourth-order valence-electron chi connectivity index (χ4n) is 1.62. The van der Waals surface area contributed by atoms with Crippen LogP contribution in [0.25, 0.3) is 10.1 Å². The molecule has 1 amide bonds. The third kappa shape index (κ3) is 2.40. The van der Waals surface area contributed by atoms with E-state index in [4.69, 9.17) is 0 Å². The first kappa shape index (κ1) is 13.1.